The Kier molecular flexibility index (Phi) is 7.35. The maximum atomic E-state index is 12.2. The van der Waals surface area contributed by atoms with Crippen LogP contribution in [0.4, 0.5) is 14.9 Å². The number of halogens is 1. The van der Waals surface area contributed by atoms with Crippen LogP contribution in [0, 0.1) is 11.3 Å². The number of hydrogen-bond donors (Lipinski definition) is 1. The summed E-state index contributed by atoms with van der Waals surface area (Å²) in [7, 11) is 0. The second kappa shape index (κ2) is 11.0. The van der Waals surface area contributed by atoms with Crippen molar-refractivity contribution in [1.29, 1.82) is 5.26 Å². The SMILES string of the molecule is N#Cc1c(-c2ccc(NC(=O)OCCCF)cc2)n(C2CCC2)c2cc(OCC3OCCO3)ccc12. The molecule has 0 radical (unpaired) electrons. The van der Waals surface area contributed by atoms with Gasteiger partial charge in [-0.25, -0.2) is 4.79 Å². The third kappa shape index (κ3) is 5.01. The van der Waals surface area contributed by atoms with Gasteiger partial charge in [0.05, 0.1) is 43.3 Å². The molecule has 1 aliphatic carbocycles. The summed E-state index contributed by atoms with van der Waals surface area (Å²) in [6, 6.07) is 15.8. The Morgan fingerprint density at radius 3 is 2.61 bits per heavy atom. The number of rotatable bonds is 9. The van der Waals surface area contributed by atoms with E-state index in [1.807, 2.05) is 30.3 Å². The topological polar surface area (TPSA) is 94.7 Å². The van der Waals surface area contributed by atoms with Crippen LogP contribution in [0.2, 0.25) is 0 Å². The van der Waals surface area contributed by atoms with Gasteiger partial charge in [-0.3, -0.25) is 9.71 Å². The number of anilines is 1. The predicted octanol–water partition coefficient (Wildman–Crippen LogP) is 5.56. The van der Waals surface area contributed by atoms with E-state index in [0.29, 0.717) is 42.9 Å². The summed E-state index contributed by atoms with van der Waals surface area (Å²) in [6.45, 7) is 0.940. The van der Waals surface area contributed by atoms with Gasteiger partial charge in [-0.2, -0.15) is 5.26 Å². The number of alkyl halides is 1. The average Bonchev–Trinajstić information content (AvgIpc) is 3.49. The summed E-state index contributed by atoms with van der Waals surface area (Å²) < 4.78 is 36.3. The van der Waals surface area contributed by atoms with E-state index in [4.69, 9.17) is 18.9 Å². The number of hydrogen-bond acceptors (Lipinski definition) is 6. The zero-order valence-electron chi connectivity index (χ0n) is 19.9. The van der Waals surface area contributed by atoms with Crippen LogP contribution in [0.1, 0.15) is 37.3 Å². The molecule has 2 aromatic carbocycles. The van der Waals surface area contributed by atoms with Crippen molar-refractivity contribution < 1.29 is 28.1 Å². The molecule has 1 aliphatic heterocycles. The number of ether oxygens (including phenoxy) is 4. The number of amides is 1. The van der Waals surface area contributed by atoms with Gasteiger partial charge in [-0.1, -0.05) is 12.1 Å². The lowest BCUT2D eigenvalue weighted by Crippen LogP contribution is -2.19. The Morgan fingerprint density at radius 1 is 1.17 bits per heavy atom. The molecule has 0 spiro atoms. The fourth-order valence-corrected chi connectivity index (χ4v) is 4.55. The van der Waals surface area contributed by atoms with Crippen LogP contribution in [0.25, 0.3) is 22.2 Å². The van der Waals surface area contributed by atoms with Crippen molar-refractivity contribution in [3.05, 3.63) is 48.0 Å². The minimum Gasteiger partial charge on any atom is -0.488 e. The molecule has 36 heavy (non-hydrogen) atoms. The lowest BCUT2D eigenvalue weighted by Gasteiger charge is -2.30. The lowest BCUT2D eigenvalue weighted by molar-refractivity contribution is -0.0683. The number of nitrogens with zero attached hydrogens (tertiary/aromatic N) is 2. The summed E-state index contributed by atoms with van der Waals surface area (Å²) in [4.78, 5) is 11.9. The summed E-state index contributed by atoms with van der Waals surface area (Å²) in [6.07, 6.45) is 2.41. The smallest absolute Gasteiger partial charge is 0.411 e. The van der Waals surface area contributed by atoms with Gasteiger partial charge >= 0.3 is 6.09 Å². The van der Waals surface area contributed by atoms with E-state index >= 15 is 0 Å². The Hall–Kier alpha value is -3.61. The van der Waals surface area contributed by atoms with Gasteiger partial charge in [-0.15, -0.1) is 0 Å². The zero-order valence-corrected chi connectivity index (χ0v) is 19.9. The number of aromatic nitrogens is 1. The first-order chi connectivity index (χ1) is 17.7. The molecule has 1 saturated heterocycles. The fraction of sp³-hybridized carbons (Fsp3) is 0.407. The minimum atomic E-state index is -0.626. The molecule has 8 nitrogen and oxygen atoms in total. The number of nitriles is 1. The fourth-order valence-electron chi connectivity index (χ4n) is 4.55. The third-order valence-electron chi connectivity index (χ3n) is 6.52. The molecule has 2 fully saturated rings. The number of carbonyl (C=O) groups excluding carboxylic acids is 1. The van der Waals surface area contributed by atoms with Crippen LogP contribution >= 0.6 is 0 Å². The van der Waals surface area contributed by atoms with Crippen molar-refractivity contribution in [3.63, 3.8) is 0 Å². The highest BCUT2D eigenvalue weighted by atomic mass is 19.1. The van der Waals surface area contributed by atoms with E-state index in [9.17, 15) is 14.4 Å². The van der Waals surface area contributed by atoms with E-state index in [-0.39, 0.29) is 19.3 Å². The highest BCUT2D eigenvalue weighted by Crippen LogP contribution is 2.43. The summed E-state index contributed by atoms with van der Waals surface area (Å²) in [5, 5.41) is 13.6. The largest absolute Gasteiger partial charge is 0.488 e. The first kappa shape index (κ1) is 24.1. The molecule has 1 amide bonds. The van der Waals surface area contributed by atoms with Crippen LogP contribution in [0.3, 0.4) is 0 Å². The molecule has 1 N–H and O–H groups in total. The van der Waals surface area contributed by atoms with Crippen LogP contribution in [-0.4, -0.2) is 50.1 Å². The molecule has 0 unspecified atom stereocenters. The summed E-state index contributed by atoms with van der Waals surface area (Å²) >= 11 is 0. The van der Waals surface area contributed by atoms with Crippen molar-refractivity contribution in [2.75, 3.05) is 38.4 Å². The zero-order chi connectivity index (χ0) is 24.9. The van der Waals surface area contributed by atoms with Crippen LogP contribution in [0.5, 0.6) is 5.75 Å². The van der Waals surface area contributed by atoms with Gasteiger partial charge in [0, 0.05) is 29.6 Å². The minimum absolute atomic E-state index is 0.0276. The lowest BCUT2D eigenvalue weighted by atomic mass is 9.92. The molecule has 5 rings (SSSR count). The normalized spacial score (nSPS) is 16.0. The second-order valence-corrected chi connectivity index (χ2v) is 8.83. The Bertz CT molecular complexity index is 1260. The highest BCUT2D eigenvalue weighted by molar-refractivity contribution is 5.96. The first-order valence-corrected chi connectivity index (χ1v) is 12.2. The highest BCUT2D eigenvalue weighted by Gasteiger charge is 2.28. The van der Waals surface area contributed by atoms with Crippen molar-refractivity contribution in [2.24, 2.45) is 0 Å². The molecule has 2 aliphatic rings. The van der Waals surface area contributed by atoms with Gasteiger partial charge in [-0.05, 0) is 49.1 Å². The standard InChI is InChI=1S/C27H28FN3O5/c28-11-2-12-35-27(32)30-19-7-5-18(6-8-19)26-23(16-29)22-10-9-21(36-17-25-33-13-14-34-25)15-24(22)31(26)20-3-1-4-20/h5-10,15,20,25H,1-4,11-14,17H2,(H,30,32). The molecule has 2 heterocycles. The van der Waals surface area contributed by atoms with Crippen LogP contribution in [0.15, 0.2) is 42.5 Å². The Balaban J connectivity index is 1.44. The molecule has 1 aromatic heterocycles. The molecule has 9 heteroatoms. The molecule has 0 atom stereocenters. The molecule has 0 bridgehead atoms. The van der Waals surface area contributed by atoms with Crippen molar-refractivity contribution in [1.82, 2.24) is 4.57 Å². The van der Waals surface area contributed by atoms with E-state index in [1.165, 1.54) is 0 Å². The number of nitrogens with one attached hydrogen (secondary N) is 1. The van der Waals surface area contributed by atoms with Gasteiger partial charge in [0.15, 0.2) is 6.29 Å². The molecular weight excluding hydrogens is 465 g/mol. The van der Waals surface area contributed by atoms with Gasteiger partial charge in [0.25, 0.3) is 0 Å². The summed E-state index contributed by atoms with van der Waals surface area (Å²) in [5.41, 5.74) is 3.85. The number of fused-ring (bicyclic) bond motifs is 1. The van der Waals surface area contributed by atoms with E-state index in [2.05, 4.69) is 16.0 Å². The number of carbonyl (C=O) groups is 1. The second-order valence-electron chi connectivity index (χ2n) is 8.83. The van der Waals surface area contributed by atoms with Gasteiger partial charge < -0.3 is 23.5 Å². The summed E-state index contributed by atoms with van der Waals surface area (Å²) in [5.74, 6) is 0.696. The van der Waals surface area contributed by atoms with E-state index in [0.717, 1.165) is 41.4 Å². The maximum absolute atomic E-state index is 12.2. The van der Waals surface area contributed by atoms with Crippen molar-refractivity contribution in [3.8, 4) is 23.1 Å². The maximum Gasteiger partial charge on any atom is 0.411 e. The van der Waals surface area contributed by atoms with E-state index in [1.54, 1.807) is 12.1 Å². The van der Waals surface area contributed by atoms with Crippen molar-refractivity contribution in [2.45, 2.75) is 38.0 Å². The molecular formula is C27H28FN3O5. The molecule has 3 aromatic rings. The Morgan fingerprint density at radius 2 is 1.94 bits per heavy atom. The number of benzene rings is 2. The molecule has 1 saturated carbocycles. The third-order valence-corrected chi connectivity index (χ3v) is 6.52. The van der Waals surface area contributed by atoms with Crippen molar-refractivity contribution >= 4 is 22.7 Å². The molecule has 188 valence electrons. The monoisotopic (exact) mass is 493 g/mol. The van der Waals surface area contributed by atoms with Crippen LogP contribution in [-0.2, 0) is 14.2 Å². The van der Waals surface area contributed by atoms with Crippen LogP contribution < -0.4 is 10.1 Å². The predicted molar refractivity (Wildman–Crippen MR) is 132 cm³/mol. The van der Waals surface area contributed by atoms with Gasteiger partial charge in [0.2, 0.25) is 0 Å². The van der Waals surface area contributed by atoms with E-state index < -0.39 is 12.8 Å². The first-order valence-electron chi connectivity index (χ1n) is 12.2. The van der Waals surface area contributed by atoms with Gasteiger partial charge in [0.1, 0.15) is 18.4 Å². The quantitative estimate of drug-likeness (QED) is 0.392. The average molecular weight is 494 g/mol. The Labute approximate surface area is 208 Å².